The molecular weight excluding hydrogens is 598 g/mol. The fourth-order valence-electron chi connectivity index (χ4n) is 5.36. The summed E-state index contributed by atoms with van der Waals surface area (Å²) >= 11 is 1.37. The number of aliphatic carboxylic acids is 1. The van der Waals surface area contributed by atoms with Crippen molar-refractivity contribution in [2.45, 2.75) is 64.4 Å². The highest BCUT2D eigenvalue weighted by molar-refractivity contribution is 7.98. The van der Waals surface area contributed by atoms with E-state index in [1.54, 1.807) is 32.9 Å². The maximum Gasteiger partial charge on any atom is 0.408 e. The van der Waals surface area contributed by atoms with Crippen molar-refractivity contribution in [2.75, 3.05) is 5.75 Å². The number of carboxylic acids is 1. The number of carboxylic acid groups (broad SMARTS) is 1. The number of ketones is 1. The molecule has 0 saturated heterocycles. The normalized spacial score (nSPS) is 12.7. The zero-order valence-corrected chi connectivity index (χ0v) is 27.8. The zero-order valence-electron chi connectivity index (χ0n) is 27.0. The summed E-state index contributed by atoms with van der Waals surface area (Å²) in [6.07, 6.45) is -0.767. The van der Waals surface area contributed by atoms with E-state index in [2.05, 4.69) is 38.2 Å². The second-order valence-electron chi connectivity index (χ2n) is 13.4. The third kappa shape index (κ3) is 7.45. The number of hydrogen-bond donors (Lipinski definition) is 2. The first kappa shape index (κ1) is 32.8. The number of ether oxygens (including phenoxy) is 1. The number of nitrogens with one attached hydrogen (secondary N) is 1. The lowest BCUT2D eigenvalue weighted by atomic mass is 9.80. The lowest BCUT2D eigenvalue weighted by Crippen LogP contribution is -2.44. The topological polar surface area (TPSA) is 106 Å². The number of para-hydroxylation sites is 2. The highest BCUT2D eigenvalue weighted by Gasteiger charge is 2.25. The molecule has 0 bridgehead atoms. The molecular formula is C38H39NO6S. The Bertz CT molecular complexity index is 1910. The van der Waals surface area contributed by atoms with Gasteiger partial charge in [-0.05, 0) is 55.0 Å². The average molecular weight is 638 g/mol. The van der Waals surface area contributed by atoms with Gasteiger partial charge in [0, 0.05) is 39.0 Å². The molecule has 0 radical (unpaired) electrons. The van der Waals surface area contributed by atoms with Crippen LogP contribution < -0.4 is 5.32 Å². The average Bonchev–Trinajstić information content (AvgIpc) is 3.38. The first-order valence-corrected chi connectivity index (χ1v) is 16.4. The van der Waals surface area contributed by atoms with E-state index in [-0.39, 0.29) is 17.0 Å². The summed E-state index contributed by atoms with van der Waals surface area (Å²) in [5.41, 5.74) is 5.82. The van der Waals surface area contributed by atoms with Crippen molar-refractivity contribution >= 4 is 51.5 Å². The molecule has 0 aliphatic carbocycles. The number of benzene rings is 4. The molecule has 238 valence electrons. The van der Waals surface area contributed by atoms with Gasteiger partial charge in [0.05, 0.1) is 0 Å². The number of rotatable bonds is 9. The molecule has 1 aromatic heterocycles. The molecule has 0 aliphatic heterocycles. The minimum Gasteiger partial charge on any atom is -0.480 e. The van der Waals surface area contributed by atoms with Crippen molar-refractivity contribution in [1.29, 1.82) is 0 Å². The van der Waals surface area contributed by atoms with Gasteiger partial charge in [-0.15, -0.1) is 0 Å². The van der Waals surface area contributed by atoms with Gasteiger partial charge in [-0.2, -0.15) is 11.8 Å². The number of carbonyl (C=O) groups is 3. The van der Waals surface area contributed by atoms with E-state index in [0.717, 1.165) is 44.2 Å². The predicted octanol–water partition coefficient (Wildman–Crippen LogP) is 8.99. The fraction of sp³-hybridized carbons (Fsp3) is 0.289. The van der Waals surface area contributed by atoms with Gasteiger partial charge in [-0.25, -0.2) is 9.59 Å². The molecule has 5 rings (SSSR count). The first-order chi connectivity index (χ1) is 21.7. The summed E-state index contributed by atoms with van der Waals surface area (Å²) in [5, 5.41) is 14.0. The molecule has 0 fully saturated rings. The highest BCUT2D eigenvalue weighted by atomic mass is 32.2. The Kier molecular flexibility index (Phi) is 9.31. The molecule has 8 heteroatoms. The van der Waals surface area contributed by atoms with Crippen LogP contribution in [0.25, 0.3) is 33.1 Å². The zero-order chi connectivity index (χ0) is 33.2. The van der Waals surface area contributed by atoms with Crippen molar-refractivity contribution < 1.29 is 28.6 Å². The van der Waals surface area contributed by atoms with E-state index in [9.17, 15) is 19.5 Å². The van der Waals surface area contributed by atoms with Gasteiger partial charge in [-0.3, -0.25) is 4.79 Å². The quantitative estimate of drug-likeness (QED) is 0.155. The third-order valence-corrected chi connectivity index (χ3v) is 8.65. The van der Waals surface area contributed by atoms with Crippen molar-refractivity contribution in [3.8, 4) is 11.1 Å². The Morgan fingerprint density at radius 2 is 1.50 bits per heavy atom. The molecule has 1 heterocycles. The summed E-state index contributed by atoms with van der Waals surface area (Å²) in [5.74, 6) is -0.547. The Morgan fingerprint density at radius 1 is 0.826 bits per heavy atom. The summed E-state index contributed by atoms with van der Waals surface area (Å²) < 4.78 is 11.5. The van der Waals surface area contributed by atoms with Crippen molar-refractivity contribution in [1.82, 2.24) is 5.32 Å². The van der Waals surface area contributed by atoms with Gasteiger partial charge in [0.15, 0.2) is 5.78 Å². The Labute approximate surface area is 273 Å². The van der Waals surface area contributed by atoms with Crippen LogP contribution in [0, 0.1) is 0 Å². The molecule has 1 atom stereocenters. The molecule has 1 amide bonds. The monoisotopic (exact) mass is 637 g/mol. The van der Waals surface area contributed by atoms with Crippen LogP contribution in [0.15, 0.2) is 89.3 Å². The van der Waals surface area contributed by atoms with Crippen molar-refractivity contribution in [3.05, 3.63) is 107 Å². The number of carbonyl (C=O) groups excluding carboxylic acids is 2. The van der Waals surface area contributed by atoms with Crippen molar-refractivity contribution in [3.63, 3.8) is 0 Å². The Hall–Kier alpha value is -4.56. The highest BCUT2D eigenvalue weighted by Crippen LogP contribution is 2.40. The number of furan rings is 1. The van der Waals surface area contributed by atoms with Gasteiger partial charge in [0.1, 0.15) is 22.8 Å². The molecule has 2 N–H and O–H groups in total. The molecule has 46 heavy (non-hydrogen) atoms. The van der Waals surface area contributed by atoms with E-state index in [1.807, 2.05) is 60.7 Å². The summed E-state index contributed by atoms with van der Waals surface area (Å²) in [7, 11) is 0. The number of alkyl carbamates (subject to hydrolysis) is 1. The summed E-state index contributed by atoms with van der Waals surface area (Å²) in [4.78, 5) is 37.5. The van der Waals surface area contributed by atoms with Gasteiger partial charge in [0.2, 0.25) is 0 Å². The number of fused-ring (bicyclic) bond motifs is 3. The number of hydrogen-bond acceptors (Lipinski definition) is 6. The van der Waals surface area contributed by atoms with Crippen LogP contribution in [0.2, 0.25) is 0 Å². The van der Waals surface area contributed by atoms with Crippen LogP contribution in [-0.4, -0.2) is 40.3 Å². The van der Waals surface area contributed by atoms with E-state index in [1.165, 1.54) is 11.8 Å². The molecule has 5 aromatic rings. The molecule has 0 saturated carbocycles. The number of amides is 1. The van der Waals surface area contributed by atoms with E-state index in [4.69, 9.17) is 9.15 Å². The van der Waals surface area contributed by atoms with Crippen molar-refractivity contribution in [2.24, 2.45) is 0 Å². The fourth-order valence-corrected chi connectivity index (χ4v) is 6.37. The van der Waals surface area contributed by atoms with Crippen LogP contribution in [0.5, 0.6) is 0 Å². The second kappa shape index (κ2) is 13.0. The molecule has 0 aliphatic rings. The maximum absolute atomic E-state index is 13.7. The molecule has 0 spiro atoms. The van der Waals surface area contributed by atoms with Gasteiger partial charge in [-0.1, -0.05) is 93.6 Å². The summed E-state index contributed by atoms with van der Waals surface area (Å²) in [6, 6.07) is 26.3. The smallest absolute Gasteiger partial charge is 0.408 e. The lowest BCUT2D eigenvalue weighted by molar-refractivity contribution is -0.138. The third-order valence-electron chi connectivity index (χ3n) is 7.54. The maximum atomic E-state index is 13.7. The van der Waals surface area contributed by atoms with Crippen LogP contribution in [0.1, 0.15) is 68.6 Å². The summed E-state index contributed by atoms with van der Waals surface area (Å²) in [6.45, 7) is 11.6. The van der Waals surface area contributed by atoms with Crippen LogP contribution in [-0.2, 0) is 20.7 Å². The van der Waals surface area contributed by atoms with E-state index >= 15 is 0 Å². The van der Waals surface area contributed by atoms with Gasteiger partial charge < -0.3 is 19.6 Å². The predicted molar refractivity (Wildman–Crippen MR) is 185 cm³/mol. The van der Waals surface area contributed by atoms with E-state index < -0.39 is 23.7 Å². The number of thioether (sulfide) groups is 1. The van der Waals surface area contributed by atoms with Crippen LogP contribution in [0.3, 0.4) is 0 Å². The second-order valence-corrected chi connectivity index (χ2v) is 14.4. The lowest BCUT2D eigenvalue weighted by Gasteiger charge is -2.24. The van der Waals surface area contributed by atoms with Gasteiger partial charge >= 0.3 is 12.1 Å². The molecule has 4 aromatic carbocycles. The Balaban J connectivity index is 1.35. The largest absolute Gasteiger partial charge is 0.480 e. The van der Waals surface area contributed by atoms with Gasteiger partial charge in [0.25, 0.3) is 0 Å². The first-order valence-electron chi connectivity index (χ1n) is 15.2. The minimum atomic E-state index is -1.13. The standard InChI is InChI=1S/C38H39NO6S/c1-37(2,3)30-19-18-25(20-29(30)28-12-9-11-27-26-10-7-8-13-32(26)44-34(27)28)33(40)24-16-14-23(15-17-24)21-46-22-31(35(41)42)39-36(43)45-38(4,5)6/h7-20,31H,21-22H2,1-6H3,(H,39,43)(H,41,42). The SMILES string of the molecule is CC(C)(C)OC(=O)NC(CSCc1ccc(C(=O)c2ccc(C(C)(C)C)c(-c3cccc4c3oc3ccccc34)c2)cc1)C(=O)O. The molecule has 7 nitrogen and oxygen atoms in total. The molecule has 1 unspecified atom stereocenters. The van der Waals surface area contributed by atoms with Crippen LogP contribution in [0.4, 0.5) is 4.79 Å². The van der Waals surface area contributed by atoms with E-state index in [0.29, 0.717) is 16.9 Å². The minimum absolute atomic E-state index is 0.0924. The van der Waals surface area contributed by atoms with Crippen LogP contribution >= 0.6 is 11.8 Å². The Morgan fingerprint density at radius 3 is 2.17 bits per heavy atom.